The minimum Gasteiger partial charge on any atom is -0.381 e. The van der Waals surface area contributed by atoms with Crippen LogP contribution in [0.2, 0.25) is 0 Å². The van der Waals surface area contributed by atoms with Crippen LogP contribution in [-0.2, 0) is 4.74 Å². The summed E-state index contributed by atoms with van der Waals surface area (Å²) >= 11 is 0. The molecule has 0 aromatic rings. The van der Waals surface area contributed by atoms with Gasteiger partial charge in [0.2, 0.25) is 0 Å². The molecule has 0 aliphatic rings. The Bertz CT molecular complexity index is 136. The smallest absolute Gasteiger partial charge is 0.0514 e. The van der Waals surface area contributed by atoms with Crippen molar-refractivity contribution in [3.8, 4) is 0 Å². The predicted molar refractivity (Wildman–Crippen MR) is 58.9 cm³/mol. The summed E-state index contributed by atoms with van der Waals surface area (Å²) in [6.07, 6.45) is 0. The summed E-state index contributed by atoms with van der Waals surface area (Å²) < 4.78 is 5.69. The predicted octanol–water partition coefficient (Wildman–Crippen LogP) is 3.73. The minimum atomic E-state index is 0.289. The first kappa shape index (κ1) is 13.0. The fourth-order valence-electron chi connectivity index (χ4n) is 0.792. The molecule has 0 spiro atoms. The summed E-state index contributed by atoms with van der Waals surface area (Å²) in [5.74, 6) is 0.620. The zero-order valence-corrected chi connectivity index (χ0v) is 10.4. The van der Waals surface area contributed by atoms with Crippen LogP contribution >= 0.6 is 0 Å². The maximum Gasteiger partial charge on any atom is 0.0514 e. The van der Waals surface area contributed by atoms with Crippen molar-refractivity contribution < 1.29 is 4.74 Å². The van der Waals surface area contributed by atoms with Crippen molar-refractivity contribution in [1.82, 2.24) is 0 Å². The van der Waals surface area contributed by atoms with Gasteiger partial charge in [-0.05, 0) is 16.7 Å². The van der Waals surface area contributed by atoms with Crippen molar-refractivity contribution in [2.75, 3.05) is 13.2 Å². The lowest BCUT2D eigenvalue weighted by Crippen LogP contribution is -2.25. The van der Waals surface area contributed by atoms with Gasteiger partial charge < -0.3 is 4.74 Å². The van der Waals surface area contributed by atoms with E-state index < -0.39 is 0 Å². The van der Waals surface area contributed by atoms with Crippen LogP contribution in [0.4, 0.5) is 0 Å². The van der Waals surface area contributed by atoms with Gasteiger partial charge in [-0.15, -0.1) is 0 Å². The van der Waals surface area contributed by atoms with Crippen molar-refractivity contribution >= 4 is 0 Å². The summed E-state index contributed by atoms with van der Waals surface area (Å²) in [7, 11) is 0. The lowest BCUT2D eigenvalue weighted by molar-refractivity contribution is 0.0249. The molecule has 80 valence electrons. The second-order valence-corrected chi connectivity index (χ2v) is 6.34. The molecule has 0 heterocycles. The molecule has 0 aliphatic heterocycles. The monoisotopic (exact) mass is 186 g/mol. The molecule has 0 rings (SSSR count). The SMILES string of the molecule is CC(COCC(C)(C)C)C(C)(C)C. The van der Waals surface area contributed by atoms with Crippen LogP contribution in [0.3, 0.4) is 0 Å². The van der Waals surface area contributed by atoms with Crippen LogP contribution in [-0.4, -0.2) is 13.2 Å². The van der Waals surface area contributed by atoms with Crippen LogP contribution in [0.25, 0.3) is 0 Å². The molecular weight excluding hydrogens is 160 g/mol. The van der Waals surface area contributed by atoms with Crippen molar-refractivity contribution in [3.05, 3.63) is 0 Å². The molecule has 0 aromatic carbocycles. The summed E-state index contributed by atoms with van der Waals surface area (Å²) in [6, 6.07) is 0. The first-order chi connectivity index (χ1) is 5.63. The van der Waals surface area contributed by atoms with E-state index >= 15 is 0 Å². The van der Waals surface area contributed by atoms with Gasteiger partial charge in [-0.2, -0.15) is 0 Å². The molecule has 0 aliphatic carbocycles. The van der Waals surface area contributed by atoms with Gasteiger partial charge in [0, 0.05) is 6.61 Å². The van der Waals surface area contributed by atoms with Crippen molar-refractivity contribution in [2.45, 2.75) is 48.5 Å². The van der Waals surface area contributed by atoms with E-state index in [2.05, 4.69) is 48.5 Å². The number of hydrogen-bond acceptors (Lipinski definition) is 1. The highest BCUT2D eigenvalue weighted by Gasteiger charge is 2.20. The van der Waals surface area contributed by atoms with Crippen LogP contribution in [0, 0.1) is 16.7 Å². The zero-order valence-electron chi connectivity index (χ0n) is 10.4. The Kier molecular flexibility index (Phi) is 4.44. The van der Waals surface area contributed by atoms with E-state index in [4.69, 9.17) is 4.74 Å². The van der Waals surface area contributed by atoms with E-state index in [1.165, 1.54) is 0 Å². The van der Waals surface area contributed by atoms with Gasteiger partial charge in [0.15, 0.2) is 0 Å². The van der Waals surface area contributed by atoms with E-state index in [0.717, 1.165) is 13.2 Å². The minimum absolute atomic E-state index is 0.289. The number of hydrogen-bond donors (Lipinski definition) is 0. The van der Waals surface area contributed by atoms with Gasteiger partial charge in [-0.3, -0.25) is 0 Å². The summed E-state index contributed by atoms with van der Waals surface area (Å²) in [5, 5.41) is 0. The topological polar surface area (TPSA) is 9.23 Å². The molecule has 0 saturated heterocycles. The quantitative estimate of drug-likeness (QED) is 0.652. The molecule has 0 amide bonds. The van der Waals surface area contributed by atoms with E-state index in [0.29, 0.717) is 11.3 Å². The van der Waals surface area contributed by atoms with Crippen molar-refractivity contribution in [1.29, 1.82) is 0 Å². The van der Waals surface area contributed by atoms with Gasteiger partial charge in [0.25, 0.3) is 0 Å². The van der Waals surface area contributed by atoms with Crippen LogP contribution in [0.15, 0.2) is 0 Å². The second kappa shape index (κ2) is 4.45. The molecule has 0 N–H and O–H groups in total. The molecule has 13 heavy (non-hydrogen) atoms. The van der Waals surface area contributed by atoms with Crippen LogP contribution in [0.1, 0.15) is 48.5 Å². The van der Waals surface area contributed by atoms with Gasteiger partial charge >= 0.3 is 0 Å². The molecule has 0 radical (unpaired) electrons. The van der Waals surface area contributed by atoms with Gasteiger partial charge in [-0.25, -0.2) is 0 Å². The molecule has 1 unspecified atom stereocenters. The third-order valence-corrected chi connectivity index (χ3v) is 2.38. The highest BCUT2D eigenvalue weighted by Crippen LogP contribution is 2.26. The van der Waals surface area contributed by atoms with Crippen LogP contribution < -0.4 is 0 Å². The average Bonchev–Trinajstić information content (AvgIpc) is 1.82. The Morgan fingerprint density at radius 3 is 1.77 bits per heavy atom. The lowest BCUT2D eigenvalue weighted by Gasteiger charge is -2.28. The van der Waals surface area contributed by atoms with E-state index in [9.17, 15) is 0 Å². The molecule has 0 saturated carbocycles. The van der Waals surface area contributed by atoms with Crippen molar-refractivity contribution in [2.24, 2.45) is 16.7 Å². The van der Waals surface area contributed by atoms with E-state index in [1.807, 2.05) is 0 Å². The third-order valence-electron chi connectivity index (χ3n) is 2.38. The first-order valence-corrected chi connectivity index (χ1v) is 5.21. The second-order valence-electron chi connectivity index (χ2n) is 6.34. The van der Waals surface area contributed by atoms with Gasteiger partial charge in [0.1, 0.15) is 0 Å². The fourth-order valence-corrected chi connectivity index (χ4v) is 0.792. The average molecular weight is 186 g/mol. The molecular formula is C12H26O. The maximum atomic E-state index is 5.69. The Hall–Kier alpha value is -0.0400. The van der Waals surface area contributed by atoms with E-state index in [-0.39, 0.29) is 5.41 Å². The molecule has 0 bridgehead atoms. The van der Waals surface area contributed by atoms with Gasteiger partial charge in [0.05, 0.1) is 6.61 Å². The normalized spacial score (nSPS) is 15.9. The third kappa shape index (κ3) is 7.06. The fraction of sp³-hybridized carbons (Fsp3) is 1.00. The van der Waals surface area contributed by atoms with E-state index in [1.54, 1.807) is 0 Å². The Labute approximate surface area is 83.9 Å². The standard InChI is InChI=1S/C12H26O/c1-10(12(5,6)7)8-13-9-11(2,3)4/h10H,8-9H2,1-7H3. The Morgan fingerprint density at radius 2 is 1.46 bits per heavy atom. The Morgan fingerprint density at radius 1 is 1.00 bits per heavy atom. The summed E-state index contributed by atoms with van der Waals surface area (Å²) in [4.78, 5) is 0. The summed E-state index contributed by atoms with van der Waals surface area (Å²) in [5.41, 5.74) is 0.648. The molecule has 1 atom stereocenters. The maximum absolute atomic E-state index is 5.69. The number of ether oxygens (including phenoxy) is 1. The molecule has 1 nitrogen and oxygen atoms in total. The molecule has 1 heteroatoms. The molecule has 0 fully saturated rings. The van der Waals surface area contributed by atoms with Gasteiger partial charge in [-0.1, -0.05) is 48.5 Å². The lowest BCUT2D eigenvalue weighted by atomic mass is 9.83. The Balaban J connectivity index is 3.67. The van der Waals surface area contributed by atoms with Crippen LogP contribution in [0.5, 0.6) is 0 Å². The highest BCUT2D eigenvalue weighted by molar-refractivity contribution is 4.69. The van der Waals surface area contributed by atoms with Crippen molar-refractivity contribution in [3.63, 3.8) is 0 Å². The number of rotatable bonds is 3. The largest absolute Gasteiger partial charge is 0.381 e. The highest BCUT2D eigenvalue weighted by atomic mass is 16.5. The molecule has 0 aromatic heterocycles. The summed E-state index contributed by atoms with van der Waals surface area (Å²) in [6.45, 7) is 17.4. The first-order valence-electron chi connectivity index (χ1n) is 5.21. The zero-order chi connectivity index (χ0) is 10.7.